The monoisotopic (exact) mass is 378 g/mol. The summed E-state index contributed by atoms with van der Waals surface area (Å²) >= 11 is 0. The van der Waals surface area contributed by atoms with Gasteiger partial charge in [0.15, 0.2) is 0 Å². The zero-order valence-electron chi connectivity index (χ0n) is 14.8. The topological polar surface area (TPSA) is 149 Å². The molecule has 0 spiro atoms. The SMILES string of the molecule is CC1CCCc2c(C(=O)O)ccc(C(=O)O)c2CC1.O=C(O)/C=C\C(=O)O. The van der Waals surface area contributed by atoms with Crippen molar-refractivity contribution in [2.24, 2.45) is 5.92 Å². The summed E-state index contributed by atoms with van der Waals surface area (Å²) in [6, 6.07) is 2.85. The summed E-state index contributed by atoms with van der Waals surface area (Å²) in [5.41, 5.74) is 1.96. The Hall–Kier alpha value is -3.16. The summed E-state index contributed by atoms with van der Waals surface area (Å²) in [5, 5.41) is 34.1. The first-order valence-corrected chi connectivity index (χ1v) is 8.38. The van der Waals surface area contributed by atoms with Crippen LogP contribution in [0.15, 0.2) is 24.3 Å². The van der Waals surface area contributed by atoms with Gasteiger partial charge in [-0.2, -0.15) is 0 Å². The number of fused-ring (bicyclic) bond motifs is 1. The number of aromatic carboxylic acids is 2. The van der Waals surface area contributed by atoms with Crippen LogP contribution in [0.3, 0.4) is 0 Å². The second-order valence-corrected chi connectivity index (χ2v) is 6.27. The zero-order chi connectivity index (χ0) is 20.6. The van der Waals surface area contributed by atoms with E-state index in [9.17, 15) is 29.4 Å². The average Bonchev–Trinajstić information content (AvgIpc) is 2.56. The molecule has 0 radical (unpaired) electrons. The predicted octanol–water partition coefficient (Wildman–Crippen LogP) is 2.70. The molecule has 27 heavy (non-hydrogen) atoms. The Morgan fingerprint density at radius 2 is 1.26 bits per heavy atom. The lowest BCUT2D eigenvalue weighted by molar-refractivity contribution is -0.134. The van der Waals surface area contributed by atoms with E-state index in [1.165, 1.54) is 12.1 Å². The first kappa shape index (κ1) is 21.9. The number of aliphatic carboxylic acids is 2. The van der Waals surface area contributed by atoms with E-state index in [0.29, 0.717) is 30.9 Å². The van der Waals surface area contributed by atoms with Crippen LogP contribution in [0.5, 0.6) is 0 Å². The summed E-state index contributed by atoms with van der Waals surface area (Å²) in [4.78, 5) is 41.7. The second kappa shape index (κ2) is 10.1. The highest BCUT2D eigenvalue weighted by atomic mass is 16.4. The number of rotatable bonds is 4. The molecule has 0 saturated heterocycles. The molecule has 0 fully saturated rings. The number of benzene rings is 1. The lowest BCUT2D eigenvalue weighted by Gasteiger charge is -2.21. The zero-order valence-corrected chi connectivity index (χ0v) is 14.8. The Morgan fingerprint density at radius 1 is 0.815 bits per heavy atom. The molecule has 0 saturated carbocycles. The van der Waals surface area contributed by atoms with Crippen LogP contribution >= 0.6 is 0 Å². The molecule has 1 atom stereocenters. The second-order valence-electron chi connectivity index (χ2n) is 6.27. The van der Waals surface area contributed by atoms with E-state index in [1.807, 2.05) is 0 Å². The van der Waals surface area contributed by atoms with Crippen molar-refractivity contribution < 1.29 is 39.6 Å². The third-order valence-electron chi connectivity index (χ3n) is 4.27. The van der Waals surface area contributed by atoms with Crippen molar-refractivity contribution in [3.05, 3.63) is 46.5 Å². The molecule has 0 amide bonds. The van der Waals surface area contributed by atoms with Gasteiger partial charge in [0.25, 0.3) is 0 Å². The minimum Gasteiger partial charge on any atom is -0.478 e. The maximum absolute atomic E-state index is 11.3. The molecule has 1 aliphatic rings. The average molecular weight is 378 g/mol. The fourth-order valence-electron chi connectivity index (χ4n) is 2.97. The van der Waals surface area contributed by atoms with Crippen LogP contribution in [-0.2, 0) is 22.4 Å². The Bertz CT molecular complexity index is 747. The smallest absolute Gasteiger partial charge is 0.335 e. The number of hydrogen-bond donors (Lipinski definition) is 4. The van der Waals surface area contributed by atoms with Crippen LogP contribution in [0.2, 0.25) is 0 Å². The highest BCUT2D eigenvalue weighted by Gasteiger charge is 2.22. The highest BCUT2D eigenvalue weighted by Crippen LogP contribution is 2.28. The van der Waals surface area contributed by atoms with Gasteiger partial charge in [0.2, 0.25) is 0 Å². The lowest BCUT2D eigenvalue weighted by Crippen LogP contribution is -2.15. The lowest BCUT2D eigenvalue weighted by atomic mass is 9.84. The van der Waals surface area contributed by atoms with Gasteiger partial charge in [-0.15, -0.1) is 0 Å². The summed E-state index contributed by atoms with van der Waals surface area (Å²) < 4.78 is 0. The summed E-state index contributed by atoms with van der Waals surface area (Å²) in [6.07, 6.45) is 5.32. The van der Waals surface area contributed by atoms with Crippen molar-refractivity contribution in [3.63, 3.8) is 0 Å². The van der Waals surface area contributed by atoms with Gasteiger partial charge in [-0.1, -0.05) is 13.3 Å². The van der Waals surface area contributed by atoms with Gasteiger partial charge in [0.05, 0.1) is 11.1 Å². The maximum atomic E-state index is 11.3. The van der Waals surface area contributed by atoms with Crippen LogP contribution in [-0.4, -0.2) is 44.3 Å². The molecule has 8 heteroatoms. The van der Waals surface area contributed by atoms with E-state index in [2.05, 4.69) is 6.92 Å². The van der Waals surface area contributed by atoms with Gasteiger partial charge >= 0.3 is 23.9 Å². The molecule has 0 aromatic heterocycles. The van der Waals surface area contributed by atoms with Crippen molar-refractivity contribution >= 4 is 23.9 Å². The van der Waals surface area contributed by atoms with Gasteiger partial charge in [-0.25, -0.2) is 19.2 Å². The molecule has 146 valence electrons. The van der Waals surface area contributed by atoms with E-state index < -0.39 is 23.9 Å². The van der Waals surface area contributed by atoms with Gasteiger partial charge < -0.3 is 20.4 Å². The van der Waals surface area contributed by atoms with Crippen molar-refractivity contribution in [1.82, 2.24) is 0 Å². The summed E-state index contributed by atoms with van der Waals surface area (Å²) in [7, 11) is 0. The molecule has 0 bridgehead atoms. The molecule has 8 nitrogen and oxygen atoms in total. The first-order chi connectivity index (χ1) is 12.6. The number of carbonyl (C=O) groups is 4. The Balaban J connectivity index is 0.000000387. The standard InChI is InChI=1S/C15H18O4.C4H4O4/c1-9-3-2-4-10-11(6-5-9)13(15(18)19)8-7-12(10)14(16)17;5-3(6)1-2-4(7)8/h7-9H,2-6H2,1H3,(H,16,17)(H,18,19);1-2H,(H,5,6)(H,7,8)/b;2-1-. The number of hydrogen-bond acceptors (Lipinski definition) is 4. The quantitative estimate of drug-likeness (QED) is 0.584. The van der Waals surface area contributed by atoms with Gasteiger partial charge in [-0.05, 0) is 54.9 Å². The normalized spacial score (nSPS) is 16.3. The summed E-state index contributed by atoms with van der Waals surface area (Å²) in [6.45, 7) is 2.16. The van der Waals surface area contributed by atoms with Crippen molar-refractivity contribution in [3.8, 4) is 0 Å². The largest absolute Gasteiger partial charge is 0.478 e. The van der Waals surface area contributed by atoms with Crippen LogP contribution in [0.25, 0.3) is 0 Å². The van der Waals surface area contributed by atoms with Crippen molar-refractivity contribution in [1.29, 1.82) is 0 Å². The molecule has 1 aliphatic carbocycles. The van der Waals surface area contributed by atoms with E-state index in [4.69, 9.17) is 10.2 Å². The highest BCUT2D eigenvalue weighted by molar-refractivity contribution is 5.95. The number of carboxylic acid groups (broad SMARTS) is 4. The Kier molecular flexibility index (Phi) is 8.19. The Morgan fingerprint density at radius 3 is 1.67 bits per heavy atom. The predicted molar refractivity (Wildman–Crippen MR) is 95.2 cm³/mol. The maximum Gasteiger partial charge on any atom is 0.335 e. The van der Waals surface area contributed by atoms with Gasteiger partial charge in [0.1, 0.15) is 0 Å². The first-order valence-electron chi connectivity index (χ1n) is 8.38. The fraction of sp³-hybridized carbons (Fsp3) is 0.368. The van der Waals surface area contributed by atoms with Crippen molar-refractivity contribution in [2.45, 2.75) is 39.0 Å². The number of carboxylic acids is 4. The van der Waals surface area contributed by atoms with Gasteiger partial charge in [-0.3, -0.25) is 0 Å². The van der Waals surface area contributed by atoms with Crippen LogP contribution in [0.1, 0.15) is 58.0 Å². The Labute approximate surface area is 155 Å². The minimum absolute atomic E-state index is 0.258. The fourth-order valence-corrected chi connectivity index (χ4v) is 2.97. The molecule has 1 aromatic carbocycles. The van der Waals surface area contributed by atoms with Gasteiger partial charge in [0, 0.05) is 12.2 Å². The molecule has 1 aromatic rings. The minimum atomic E-state index is -1.26. The summed E-state index contributed by atoms with van der Waals surface area (Å²) in [5.74, 6) is -3.90. The third-order valence-corrected chi connectivity index (χ3v) is 4.27. The molecular formula is C19H22O8. The molecule has 0 aliphatic heterocycles. The van der Waals surface area contributed by atoms with Crippen molar-refractivity contribution in [2.75, 3.05) is 0 Å². The molecule has 2 rings (SSSR count). The molecule has 4 N–H and O–H groups in total. The molecule has 0 heterocycles. The third kappa shape index (κ3) is 6.93. The van der Waals surface area contributed by atoms with Crippen LogP contribution in [0, 0.1) is 5.92 Å². The van der Waals surface area contributed by atoms with Crippen LogP contribution < -0.4 is 0 Å². The van der Waals surface area contributed by atoms with E-state index in [1.54, 1.807) is 0 Å². The van der Waals surface area contributed by atoms with E-state index >= 15 is 0 Å². The van der Waals surface area contributed by atoms with Crippen LogP contribution in [0.4, 0.5) is 0 Å². The van der Waals surface area contributed by atoms with E-state index in [-0.39, 0.29) is 11.1 Å². The molecular weight excluding hydrogens is 356 g/mol. The molecule has 1 unspecified atom stereocenters. The van der Waals surface area contributed by atoms with E-state index in [0.717, 1.165) is 30.4 Å².